The van der Waals surface area contributed by atoms with Gasteiger partial charge in [-0.2, -0.15) is 4.79 Å². The largest absolute Gasteiger partial charge is 0.502 e. The molecule has 0 saturated heterocycles. The van der Waals surface area contributed by atoms with Crippen LogP contribution in [0.15, 0.2) is 23.6 Å². The summed E-state index contributed by atoms with van der Waals surface area (Å²) in [4.78, 5) is 21.4. The van der Waals surface area contributed by atoms with E-state index in [9.17, 15) is 20.2 Å². The normalized spacial score (nSPS) is 18.8. The van der Waals surface area contributed by atoms with Gasteiger partial charge in [0.05, 0.1) is 4.92 Å². The molecule has 1 rings (SSSR count). The topological polar surface area (TPSA) is 143 Å². The standard InChI is InChI=1S/C6H4N4O5.Zn/c7-8-3-1-2-4(11)6(10(14)15)5(3)9(12)13;/h1-2,5,11H;. The second kappa shape index (κ2) is 5.25. The minimum Gasteiger partial charge on any atom is -0.502 e. The monoisotopic (exact) mass is 276 g/mol. The quantitative estimate of drug-likeness (QED) is 0.247. The second-order valence-electron chi connectivity index (χ2n) is 2.57. The Labute approximate surface area is 101 Å². The fourth-order valence-electron chi connectivity index (χ4n) is 1.11. The Balaban J connectivity index is 0.00000225. The van der Waals surface area contributed by atoms with Crippen molar-refractivity contribution >= 4 is 5.71 Å². The van der Waals surface area contributed by atoms with Crippen LogP contribution in [0.2, 0.25) is 0 Å². The summed E-state index contributed by atoms with van der Waals surface area (Å²) in [7, 11) is 0. The molecule has 1 N–H and O–H groups in total. The molecule has 0 spiro atoms. The first-order valence-corrected chi connectivity index (χ1v) is 3.60. The number of nitrogens with zero attached hydrogens (tertiary/aromatic N) is 4. The number of nitro groups is 2. The van der Waals surface area contributed by atoms with Crippen LogP contribution in [-0.4, -0.2) is 31.5 Å². The predicted molar refractivity (Wildman–Crippen MR) is 45.2 cm³/mol. The fraction of sp³-hybridized carbons (Fsp3) is 0.167. The van der Waals surface area contributed by atoms with E-state index < -0.39 is 33.1 Å². The fourth-order valence-corrected chi connectivity index (χ4v) is 1.11. The molecule has 1 aliphatic carbocycles. The van der Waals surface area contributed by atoms with E-state index >= 15 is 0 Å². The molecule has 0 radical (unpaired) electrons. The zero-order valence-corrected chi connectivity index (χ0v) is 10.8. The molecule has 1 aliphatic rings. The molecule has 0 saturated carbocycles. The Hall–Kier alpha value is -1.92. The maximum absolute atomic E-state index is 10.5. The van der Waals surface area contributed by atoms with Crippen molar-refractivity contribution in [1.29, 1.82) is 0 Å². The zero-order valence-electron chi connectivity index (χ0n) is 7.81. The Morgan fingerprint density at radius 2 is 1.94 bits per heavy atom. The summed E-state index contributed by atoms with van der Waals surface area (Å²) in [5.74, 6) is -0.825. The van der Waals surface area contributed by atoms with Crippen molar-refractivity contribution in [1.82, 2.24) is 0 Å². The third-order valence-corrected chi connectivity index (χ3v) is 1.74. The number of allylic oxidation sites excluding steroid dienone is 1. The minimum absolute atomic E-state index is 0. The van der Waals surface area contributed by atoms with Crippen molar-refractivity contribution < 1.29 is 39.2 Å². The smallest absolute Gasteiger partial charge is 0.402 e. The van der Waals surface area contributed by atoms with E-state index in [0.717, 1.165) is 12.2 Å². The van der Waals surface area contributed by atoms with E-state index in [1.165, 1.54) is 0 Å². The maximum atomic E-state index is 10.5. The molecule has 1 atom stereocenters. The van der Waals surface area contributed by atoms with Crippen LogP contribution in [0.5, 0.6) is 0 Å². The molecule has 0 heterocycles. The van der Waals surface area contributed by atoms with Gasteiger partial charge < -0.3 is 10.6 Å². The molecule has 10 heteroatoms. The Kier molecular flexibility index (Phi) is 4.62. The van der Waals surface area contributed by atoms with Crippen LogP contribution >= 0.6 is 0 Å². The van der Waals surface area contributed by atoms with Crippen LogP contribution in [0, 0.1) is 20.2 Å². The molecule has 0 amide bonds. The van der Waals surface area contributed by atoms with E-state index in [1.54, 1.807) is 0 Å². The Bertz CT molecular complexity index is 450. The van der Waals surface area contributed by atoms with Crippen molar-refractivity contribution in [2.24, 2.45) is 0 Å². The van der Waals surface area contributed by atoms with Crippen LogP contribution < -0.4 is 0 Å². The summed E-state index contributed by atoms with van der Waals surface area (Å²) in [5, 5.41) is 30.0. The molecule has 1 unspecified atom stereocenters. The summed E-state index contributed by atoms with van der Waals surface area (Å²) in [6, 6.07) is -1.96. The second-order valence-corrected chi connectivity index (χ2v) is 2.57. The minimum atomic E-state index is -1.96. The number of hydrogen-bond donors (Lipinski definition) is 1. The van der Waals surface area contributed by atoms with E-state index in [4.69, 9.17) is 10.6 Å². The van der Waals surface area contributed by atoms with Gasteiger partial charge in [-0.3, -0.25) is 20.2 Å². The van der Waals surface area contributed by atoms with Gasteiger partial charge in [0, 0.05) is 30.5 Å². The average Bonchev–Trinajstić information content (AvgIpc) is 2.16. The molecule has 0 aliphatic heterocycles. The number of rotatable bonds is 2. The first-order valence-electron chi connectivity index (χ1n) is 3.60. The van der Waals surface area contributed by atoms with Gasteiger partial charge in [-0.15, -0.1) is 0 Å². The van der Waals surface area contributed by atoms with E-state index in [2.05, 4.69) is 4.79 Å². The Morgan fingerprint density at radius 1 is 1.38 bits per heavy atom. The van der Waals surface area contributed by atoms with Gasteiger partial charge in [0.1, 0.15) is 0 Å². The first kappa shape index (κ1) is 14.1. The van der Waals surface area contributed by atoms with Crippen molar-refractivity contribution in [2.45, 2.75) is 6.04 Å². The van der Waals surface area contributed by atoms with Gasteiger partial charge in [-0.1, -0.05) is 0 Å². The SMILES string of the molecule is [N-]=[N+]=C1C=CC(O)=C([N+](=O)[O-])C1[N+](=O)[O-].[Zn]. The molecule has 0 aromatic heterocycles. The van der Waals surface area contributed by atoms with E-state index in [0.29, 0.717) is 0 Å². The molecule has 0 aromatic rings. The van der Waals surface area contributed by atoms with Gasteiger partial charge in [-0.25, -0.2) is 0 Å². The maximum Gasteiger partial charge on any atom is 0.402 e. The van der Waals surface area contributed by atoms with Crippen molar-refractivity contribution in [3.8, 4) is 0 Å². The summed E-state index contributed by atoms with van der Waals surface area (Å²) in [6.45, 7) is 0. The predicted octanol–water partition coefficient (Wildman–Crippen LogP) is -0.0839. The average molecular weight is 278 g/mol. The molecular weight excluding hydrogens is 273 g/mol. The van der Waals surface area contributed by atoms with Crippen molar-refractivity contribution in [3.05, 3.63) is 49.4 Å². The van der Waals surface area contributed by atoms with Gasteiger partial charge in [0.15, 0.2) is 5.76 Å². The molecular formula is C6H4N4O5Zn. The van der Waals surface area contributed by atoms with Crippen molar-refractivity contribution in [3.63, 3.8) is 0 Å². The third kappa shape index (κ3) is 2.36. The zero-order chi connectivity index (χ0) is 11.6. The molecule has 9 nitrogen and oxygen atoms in total. The van der Waals surface area contributed by atoms with Crippen LogP contribution in [0.1, 0.15) is 0 Å². The van der Waals surface area contributed by atoms with Crippen LogP contribution in [0.25, 0.3) is 5.53 Å². The van der Waals surface area contributed by atoms with E-state index in [-0.39, 0.29) is 19.5 Å². The first-order chi connectivity index (χ1) is 6.99. The molecule has 0 aromatic carbocycles. The molecule has 16 heavy (non-hydrogen) atoms. The molecule has 0 bridgehead atoms. The Morgan fingerprint density at radius 3 is 2.31 bits per heavy atom. The van der Waals surface area contributed by atoms with Crippen LogP contribution in [0.4, 0.5) is 0 Å². The molecule has 0 fully saturated rings. The van der Waals surface area contributed by atoms with Crippen LogP contribution in [-0.2, 0) is 19.5 Å². The summed E-state index contributed by atoms with van der Waals surface area (Å²) in [5.41, 5.74) is 6.87. The van der Waals surface area contributed by atoms with Gasteiger partial charge in [-0.05, 0) is 6.08 Å². The van der Waals surface area contributed by atoms with Crippen LogP contribution in [0.3, 0.4) is 0 Å². The number of hydrogen-bond acceptors (Lipinski definition) is 5. The van der Waals surface area contributed by atoms with E-state index in [1.807, 2.05) is 0 Å². The summed E-state index contributed by atoms with van der Waals surface area (Å²) in [6.07, 6.45) is 1.78. The van der Waals surface area contributed by atoms with Gasteiger partial charge >= 0.3 is 17.5 Å². The van der Waals surface area contributed by atoms with Gasteiger partial charge in [0.25, 0.3) is 0 Å². The third-order valence-electron chi connectivity index (χ3n) is 1.74. The molecule has 80 valence electrons. The number of aliphatic hydroxyl groups is 1. The van der Waals surface area contributed by atoms with Gasteiger partial charge in [0.2, 0.25) is 0 Å². The van der Waals surface area contributed by atoms with Crippen molar-refractivity contribution in [2.75, 3.05) is 0 Å². The summed E-state index contributed by atoms with van der Waals surface area (Å²) < 4.78 is 0. The number of aliphatic hydroxyl groups excluding tert-OH is 1. The summed E-state index contributed by atoms with van der Waals surface area (Å²) >= 11 is 0.